The maximum Gasteiger partial charge on any atom is 0.316 e. The third-order valence-corrected chi connectivity index (χ3v) is 4.68. The van der Waals surface area contributed by atoms with E-state index in [2.05, 4.69) is 0 Å². The van der Waals surface area contributed by atoms with E-state index in [0.29, 0.717) is 16.5 Å². The fourth-order valence-electron chi connectivity index (χ4n) is 2.88. The third kappa shape index (κ3) is 3.46. The lowest BCUT2D eigenvalue weighted by molar-refractivity contribution is -0.139. The summed E-state index contributed by atoms with van der Waals surface area (Å²) in [4.78, 5) is 26.4. The summed E-state index contributed by atoms with van der Waals surface area (Å²) in [7, 11) is 1.51. The summed E-state index contributed by atoms with van der Waals surface area (Å²) in [6.45, 7) is 2.12. The van der Waals surface area contributed by atoms with Gasteiger partial charge in [-0.25, -0.2) is 0 Å². The van der Waals surface area contributed by atoms with Crippen LogP contribution in [0.3, 0.4) is 0 Å². The first-order chi connectivity index (χ1) is 12.0. The Morgan fingerprint density at radius 1 is 1.16 bits per heavy atom. The van der Waals surface area contributed by atoms with Gasteiger partial charge in [0, 0.05) is 23.7 Å². The van der Waals surface area contributed by atoms with Crippen LogP contribution in [0.4, 0.5) is 5.69 Å². The molecule has 3 rings (SSSR count). The second-order valence-electron chi connectivity index (χ2n) is 5.86. The minimum Gasteiger partial charge on any atom is -0.493 e. The molecule has 0 unspecified atom stereocenters. The molecule has 0 radical (unpaired) electrons. The van der Waals surface area contributed by atoms with Crippen molar-refractivity contribution in [1.29, 1.82) is 0 Å². The largest absolute Gasteiger partial charge is 0.493 e. The minimum absolute atomic E-state index is 0.111. The topological polar surface area (TPSA) is 55.8 Å². The van der Waals surface area contributed by atoms with Crippen LogP contribution in [-0.4, -0.2) is 25.5 Å². The van der Waals surface area contributed by atoms with Crippen molar-refractivity contribution in [3.63, 3.8) is 0 Å². The van der Waals surface area contributed by atoms with Crippen LogP contribution in [0.15, 0.2) is 42.5 Å². The van der Waals surface area contributed by atoms with Gasteiger partial charge in [0.15, 0.2) is 11.5 Å². The Balaban J connectivity index is 1.76. The molecule has 0 aliphatic carbocycles. The zero-order chi connectivity index (χ0) is 18.0. The first-order valence-electron chi connectivity index (χ1n) is 7.91. The molecule has 1 heterocycles. The van der Waals surface area contributed by atoms with Gasteiger partial charge in [-0.2, -0.15) is 0 Å². The Morgan fingerprint density at radius 2 is 1.88 bits per heavy atom. The summed E-state index contributed by atoms with van der Waals surface area (Å²) >= 11 is 6.14. The van der Waals surface area contributed by atoms with Crippen molar-refractivity contribution < 1.29 is 19.1 Å². The van der Waals surface area contributed by atoms with Crippen LogP contribution in [0.2, 0.25) is 5.02 Å². The Kier molecular flexibility index (Phi) is 4.95. The average Bonchev–Trinajstić information content (AvgIpc) is 2.99. The van der Waals surface area contributed by atoms with Gasteiger partial charge in [-0.05, 0) is 36.8 Å². The van der Waals surface area contributed by atoms with Gasteiger partial charge in [0.1, 0.15) is 0 Å². The fraction of sp³-hybridized carbons (Fsp3) is 0.263. The summed E-state index contributed by atoms with van der Waals surface area (Å²) in [5.74, 6) is -0.272. The summed E-state index contributed by atoms with van der Waals surface area (Å²) in [6.07, 6.45) is 0.111. The Bertz CT molecular complexity index is 821. The van der Waals surface area contributed by atoms with Crippen LogP contribution in [0.5, 0.6) is 11.5 Å². The second-order valence-corrected chi connectivity index (χ2v) is 6.27. The van der Waals surface area contributed by atoms with E-state index in [0.717, 1.165) is 11.3 Å². The summed E-state index contributed by atoms with van der Waals surface area (Å²) < 4.78 is 10.6. The number of amides is 1. The van der Waals surface area contributed by atoms with Crippen LogP contribution < -0.4 is 14.4 Å². The summed E-state index contributed by atoms with van der Waals surface area (Å²) in [5, 5.41) is 0.588. The van der Waals surface area contributed by atoms with Gasteiger partial charge in [0.05, 0.1) is 13.0 Å². The number of carbonyl (C=O) groups excluding carboxylic acids is 2. The maximum absolute atomic E-state index is 12.5. The third-order valence-electron chi connectivity index (χ3n) is 4.27. The molecule has 0 saturated carbocycles. The zero-order valence-corrected chi connectivity index (χ0v) is 14.7. The molecular weight excluding hydrogens is 342 g/mol. The van der Waals surface area contributed by atoms with Gasteiger partial charge < -0.3 is 14.4 Å². The van der Waals surface area contributed by atoms with E-state index in [1.807, 2.05) is 13.0 Å². The molecule has 1 fully saturated rings. The molecule has 0 bridgehead atoms. The van der Waals surface area contributed by atoms with Crippen LogP contribution in [0.1, 0.15) is 12.0 Å². The van der Waals surface area contributed by atoms with Crippen LogP contribution in [-0.2, 0) is 9.59 Å². The maximum atomic E-state index is 12.5. The van der Waals surface area contributed by atoms with Gasteiger partial charge in [-0.15, -0.1) is 0 Å². The molecule has 0 aromatic heterocycles. The number of hydrogen-bond acceptors (Lipinski definition) is 4. The second kappa shape index (κ2) is 7.15. The van der Waals surface area contributed by atoms with Gasteiger partial charge >= 0.3 is 5.97 Å². The summed E-state index contributed by atoms with van der Waals surface area (Å²) in [5.41, 5.74) is 1.54. The van der Waals surface area contributed by atoms with Gasteiger partial charge in [-0.1, -0.05) is 29.8 Å². The van der Waals surface area contributed by atoms with Crippen LogP contribution in [0, 0.1) is 12.8 Å². The lowest BCUT2D eigenvalue weighted by atomic mass is 10.1. The van der Waals surface area contributed by atoms with E-state index in [1.165, 1.54) is 7.11 Å². The van der Waals surface area contributed by atoms with Crippen molar-refractivity contribution in [2.45, 2.75) is 13.3 Å². The molecule has 2 aromatic rings. The first-order valence-corrected chi connectivity index (χ1v) is 8.29. The smallest absolute Gasteiger partial charge is 0.316 e. The number of ether oxygens (including phenoxy) is 2. The van der Waals surface area contributed by atoms with E-state index >= 15 is 0 Å². The van der Waals surface area contributed by atoms with E-state index in [-0.39, 0.29) is 18.9 Å². The SMILES string of the molecule is COc1ccccc1OC(=O)[C@H]1CC(=O)N(c2cccc(Cl)c2C)C1. The standard InChI is InChI=1S/C19H18ClNO4/c1-12-14(20)6-5-7-15(12)21-11-13(10-18(21)22)19(23)25-17-9-4-3-8-16(17)24-2/h3-9,13H,10-11H2,1-2H3/t13-/m0/s1. The van der Waals surface area contributed by atoms with Gasteiger partial charge in [-0.3, -0.25) is 9.59 Å². The van der Waals surface area contributed by atoms with E-state index in [1.54, 1.807) is 41.3 Å². The van der Waals surface area contributed by atoms with Crippen molar-refractivity contribution in [3.8, 4) is 11.5 Å². The molecule has 6 heteroatoms. The molecule has 0 spiro atoms. The summed E-state index contributed by atoms with van der Waals surface area (Å²) in [6, 6.07) is 12.3. The fourth-order valence-corrected chi connectivity index (χ4v) is 3.05. The highest BCUT2D eigenvalue weighted by Gasteiger charge is 2.37. The number of carbonyl (C=O) groups is 2. The Morgan fingerprint density at radius 3 is 2.60 bits per heavy atom. The van der Waals surface area contributed by atoms with Crippen molar-refractivity contribution in [1.82, 2.24) is 0 Å². The normalized spacial score (nSPS) is 16.8. The molecule has 130 valence electrons. The Labute approximate surface area is 151 Å². The van der Waals surface area contributed by atoms with E-state index in [4.69, 9.17) is 21.1 Å². The molecule has 1 aliphatic heterocycles. The molecule has 2 aromatic carbocycles. The number of halogens is 1. The lowest BCUT2D eigenvalue weighted by Crippen LogP contribution is -2.28. The molecular formula is C19H18ClNO4. The van der Waals surface area contributed by atoms with Crippen molar-refractivity contribution in [2.75, 3.05) is 18.6 Å². The van der Waals surface area contributed by atoms with Crippen LogP contribution >= 0.6 is 11.6 Å². The predicted octanol–water partition coefficient (Wildman–Crippen LogP) is 3.62. The number of nitrogens with zero attached hydrogens (tertiary/aromatic N) is 1. The molecule has 1 aliphatic rings. The quantitative estimate of drug-likeness (QED) is 0.618. The number of hydrogen-bond donors (Lipinski definition) is 0. The molecule has 1 atom stereocenters. The number of rotatable bonds is 4. The monoisotopic (exact) mass is 359 g/mol. The highest BCUT2D eigenvalue weighted by molar-refractivity contribution is 6.31. The number of para-hydroxylation sites is 2. The van der Waals surface area contributed by atoms with Crippen molar-refractivity contribution >= 4 is 29.2 Å². The molecule has 0 N–H and O–H groups in total. The lowest BCUT2D eigenvalue weighted by Gasteiger charge is -2.19. The van der Waals surface area contributed by atoms with Crippen molar-refractivity contribution in [2.24, 2.45) is 5.92 Å². The van der Waals surface area contributed by atoms with Gasteiger partial charge in [0.25, 0.3) is 0 Å². The number of benzene rings is 2. The van der Waals surface area contributed by atoms with Crippen LogP contribution in [0.25, 0.3) is 0 Å². The predicted molar refractivity (Wildman–Crippen MR) is 95.3 cm³/mol. The highest BCUT2D eigenvalue weighted by Crippen LogP contribution is 2.33. The first kappa shape index (κ1) is 17.3. The molecule has 1 amide bonds. The number of anilines is 1. The van der Waals surface area contributed by atoms with Crippen molar-refractivity contribution in [3.05, 3.63) is 53.1 Å². The number of esters is 1. The zero-order valence-electron chi connectivity index (χ0n) is 14.0. The highest BCUT2D eigenvalue weighted by atomic mass is 35.5. The van der Waals surface area contributed by atoms with E-state index < -0.39 is 11.9 Å². The molecule has 1 saturated heterocycles. The van der Waals surface area contributed by atoms with E-state index in [9.17, 15) is 9.59 Å². The molecule has 5 nitrogen and oxygen atoms in total. The Hall–Kier alpha value is -2.53. The average molecular weight is 360 g/mol. The number of methoxy groups -OCH3 is 1. The molecule has 25 heavy (non-hydrogen) atoms. The minimum atomic E-state index is -0.532. The van der Waals surface area contributed by atoms with Gasteiger partial charge in [0.2, 0.25) is 5.91 Å².